The Morgan fingerprint density at radius 3 is 2.24 bits per heavy atom. The van der Waals surface area contributed by atoms with Crippen molar-refractivity contribution in [2.45, 2.75) is 44.2 Å². The molecule has 1 unspecified atom stereocenters. The highest BCUT2D eigenvalue weighted by atomic mass is 127. The van der Waals surface area contributed by atoms with Gasteiger partial charge in [-0.1, -0.05) is 12.8 Å². The molecule has 0 spiro atoms. The Morgan fingerprint density at radius 1 is 1.00 bits per heavy atom. The van der Waals surface area contributed by atoms with Crippen LogP contribution in [0.2, 0.25) is 0 Å². The largest absolute Gasteiger partial charge is 0.323 e. The molecule has 4 rings (SSSR count). The van der Waals surface area contributed by atoms with E-state index in [0.29, 0.717) is 11.3 Å². The molecular weight excluding hydrogens is 486 g/mol. The number of nitrogens with zero attached hydrogens (tertiary/aromatic N) is 2. The Labute approximate surface area is 182 Å². The summed E-state index contributed by atoms with van der Waals surface area (Å²) >= 11 is 2.16. The average Bonchev–Trinajstić information content (AvgIpc) is 3.33. The minimum Gasteiger partial charge on any atom is -0.323 e. The first-order valence-corrected chi connectivity index (χ1v) is 10.7. The first-order chi connectivity index (χ1) is 14.0. The molecule has 1 saturated heterocycles. The molecule has 1 atom stereocenters. The zero-order valence-electron chi connectivity index (χ0n) is 15.7. The number of hydrogen-bond acceptors (Lipinski definition) is 3. The van der Waals surface area contributed by atoms with Crippen LogP contribution in [0.1, 0.15) is 42.5 Å². The van der Waals surface area contributed by atoms with Crippen LogP contribution in [0.4, 0.5) is 10.1 Å². The molecule has 1 heterocycles. The van der Waals surface area contributed by atoms with Gasteiger partial charge in [-0.15, -0.1) is 0 Å². The predicted octanol–water partition coefficient (Wildman–Crippen LogP) is 4.15. The van der Waals surface area contributed by atoms with Gasteiger partial charge in [0.25, 0.3) is 11.8 Å². The maximum atomic E-state index is 13.3. The number of halogens is 2. The summed E-state index contributed by atoms with van der Waals surface area (Å²) in [4.78, 5) is 42.0. The van der Waals surface area contributed by atoms with Crippen molar-refractivity contribution in [3.05, 3.63) is 63.5 Å². The minimum absolute atomic E-state index is 0.0335. The molecule has 1 aliphatic heterocycles. The van der Waals surface area contributed by atoms with E-state index in [9.17, 15) is 18.8 Å². The summed E-state index contributed by atoms with van der Waals surface area (Å²) < 4.78 is 14.3. The maximum Gasteiger partial charge on any atom is 0.257 e. The number of imide groups is 1. The van der Waals surface area contributed by atoms with Crippen LogP contribution < -0.4 is 4.90 Å². The van der Waals surface area contributed by atoms with E-state index in [1.165, 1.54) is 29.2 Å². The van der Waals surface area contributed by atoms with Gasteiger partial charge < -0.3 is 4.90 Å². The molecule has 5 nitrogen and oxygen atoms in total. The summed E-state index contributed by atoms with van der Waals surface area (Å²) in [6.45, 7) is 0. The van der Waals surface area contributed by atoms with E-state index in [-0.39, 0.29) is 30.2 Å². The van der Waals surface area contributed by atoms with Crippen molar-refractivity contribution in [3.63, 3.8) is 0 Å². The lowest BCUT2D eigenvalue weighted by Crippen LogP contribution is -2.50. The quantitative estimate of drug-likeness (QED) is 0.463. The molecule has 150 valence electrons. The molecule has 1 saturated carbocycles. The number of anilines is 1. The van der Waals surface area contributed by atoms with Crippen LogP contribution in [-0.2, 0) is 9.59 Å². The maximum absolute atomic E-state index is 13.3. The predicted molar refractivity (Wildman–Crippen MR) is 115 cm³/mol. The lowest BCUT2D eigenvalue weighted by molar-refractivity contribution is -0.123. The molecule has 1 aliphatic carbocycles. The minimum atomic E-state index is -0.831. The Kier molecular flexibility index (Phi) is 5.67. The van der Waals surface area contributed by atoms with Gasteiger partial charge >= 0.3 is 0 Å². The molecule has 29 heavy (non-hydrogen) atoms. The fourth-order valence-electron chi connectivity index (χ4n) is 4.18. The first kappa shape index (κ1) is 20.0. The molecule has 2 fully saturated rings. The van der Waals surface area contributed by atoms with Gasteiger partial charge in [-0.25, -0.2) is 9.29 Å². The van der Waals surface area contributed by atoms with Gasteiger partial charge in [0, 0.05) is 15.2 Å². The number of carbonyl (C=O) groups excluding carboxylic acids is 3. The monoisotopic (exact) mass is 506 g/mol. The summed E-state index contributed by atoms with van der Waals surface area (Å²) in [5.74, 6) is -1.44. The normalized spacial score (nSPS) is 19.8. The third-order valence-corrected chi connectivity index (χ3v) is 6.31. The number of hydrogen-bond donors (Lipinski definition) is 0. The third-order valence-electron chi connectivity index (χ3n) is 5.59. The van der Waals surface area contributed by atoms with Crippen molar-refractivity contribution in [3.8, 4) is 0 Å². The van der Waals surface area contributed by atoms with E-state index in [1.54, 1.807) is 17.0 Å². The molecule has 3 amide bonds. The summed E-state index contributed by atoms with van der Waals surface area (Å²) in [6, 6.07) is 11.6. The fourth-order valence-corrected chi connectivity index (χ4v) is 4.54. The van der Waals surface area contributed by atoms with E-state index >= 15 is 0 Å². The molecule has 2 aromatic carbocycles. The standard InChI is InChI=1S/C22H20FIN2O3/c23-15-7-5-14(6-8-15)21(28)25(17-3-1-2-4-17)19-13-20(27)26(22(19)29)18-11-9-16(24)10-12-18/h5-12,17,19H,1-4,13H2. The van der Waals surface area contributed by atoms with E-state index in [4.69, 9.17) is 0 Å². The summed E-state index contributed by atoms with van der Waals surface area (Å²) in [5, 5.41) is 0. The van der Waals surface area contributed by atoms with E-state index in [1.807, 2.05) is 12.1 Å². The first-order valence-electron chi connectivity index (χ1n) is 9.66. The van der Waals surface area contributed by atoms with Crippen molar-refractivity contribution in [2.24, 2.45) is 0 Å². The number of rotatable bonds is 4. The summed E-state index contributed by atoms with van der Waals surface area (Å²) in [6.07, 6.45) is 3.53. The van der Waals surface area contributed by atoms with Crippen LogP contribution in [0.15, 0.2) is 48.5 Å². The second-order valence-electron chi connectivity index (χ2n) is 7.42. The van der Waals surface area contributed by atoms with Gasteiger partial charge in [-0.3, -0.25) is 14.4 Å². The van der Waals surface area contributed by atoms with Gasteiger partial charge in [-0.05, 0) is 84.0 Å². The van der Waals surface area contributed by atoms with Crippen LogP contribution in [0.25, 0.3) is 0 Å². The highest BCUT2D eigenvalue weighted by Crippen LogP contribution is 2.33. The second kappa shape index (κ2) is 8.22. The van der Waals surface area contributed by atoms with Crippen molar-refractivity contribution in [2.75, 3.05) is 4.90 Å². The number of carbonyl (C=O) groups is 3. The highest BCUT2D eigenvalue weighted by Gasteiger charge is 2.47. The SMILES string of the molecule is O=C1CC(N(C(=O)c2ccc(F)cc2)C2CCCC2)C(=O)N1c1ccc(I)cc1. The summed E-state index contributed by atoms with van der Waals surface area (Å²) in [5.41, 5.74) is 0.842. The molecule has 2 aromatic rings. The van der Waals surface area contributed by atoms with Crippen molar-refractivity contribution in [1.29, 1.82) is 0 Å². The van der Waals surface area contributed by atoms with E-state index < -0.39 is 11.9 Å². The Bertz CT molecular complexity index is 940. The van der Waals surface area contributed by atoms with Crippen LogP contribution in [0.5, 0.6) is 0 Å². The summed E-state index contributed by atoms with van der Waals surface area (Å²) in [7, 11) is 0. The lowest BCUT2D eigenvalue weighted by atomic mass is 10.1. The van der Waals surface area contributed by atoms with Crippen molar-refractivity contribution < 1.29 is 18.8 Å². The van der Waals surface area contributed by atoms with E-state index in [0.717, 1.165) is 29.3 Å². The molecule has 0 radical (unpaired) electrons. The number of benzene rings is 2. The molecule has 0 bridgehead atoms. The fraction of sp³-hybridized carbons (Fsp3) is 0.318. The van der Waals surface area contributed by atoms with E-state index in [2.05, 4.69) is 22.6 Å². The van der Waals surface area contributed by atoms with Crippen LogP contribution in [0, 0.1) is 9.39 Å². The van der Waals surface area contributed by atoms with Crippen molar-refractivity contribution >= 4 is 46.0 Å². The molecule has 0 aromatic heterocycles. The third kappa shape index (κ3) is 3.92. The van der Waals surface area contributed by atoms with Crippen LogP contribution >= 0.6 is 22.6 Å². The number of amides is 3. The second-order valence-corrected chi connectivity index (χ2v) is 8.67. The Morgan fingerprint density at radius 2 is 1.62 bits per heavy atom. The van der Waals surface area contributed by atoms with Crippen LogP contribution in [0.3, 0.4) is 0 Å². The zero-order valence-corrected chi connectivity index (χ0v) is 17.8. The lowest BCUT2D eigenvalue weighted by Gasteiger charge is -2.33. The van der Waals surface area contributed by atoms with Gasteiger partial charge in [0.2, 0.25) is 5.91 Å². The van der Waals surface area contributed by atoms with Gasteiger partial charge in [0.05, 0.1) is 12.1 Å². The highest BCUT2D eigenvalue weighted by molar-refractivity contribution is 14.1. The topological polar surface area (TPSA) is 57.7 Å². The van der Waals surface area contributed by atoms with Gasteiger partial charge in [0.15, 0.2) is 0 Å². The molecule has 2 aliphatic rings. The van der Waals surface area contributed by atoms with Gasteiger partial charge in [-0.2, -0.15) is 0 Å². The molecular formula is C22H20FIN2O3. The van der Waals surface area contributed by atoms with Gasteiger partial charge in [0.1, 0.15) is 11.9 Å². The smallest absolute Gasteiger partial charge is 0.257 e. The molecule has 7 heteroatoms. The van der Waals surface area contributed by atoms with Crippen molar-refractivity contribution in [1.82, 2.24) is 4.90 Å². The zero-order chi connectivity index (χ0) is 20.5. The Hall–Kier alpha value is -2.29. The molecule has 0 N–H and O–H groups in total. The Balaban J connectivity index is 1.66. The van der Waals surface area contributed by atoms with Crippen LogP contribution in [-0.4, -0.2) is 34.7 Å². The average molecular weight is 506 g/mol.